The Kier molecular flexibility index (Phi) is 5.43. The zero-order valence-electron chi connectivity index (χ0n) is 15.5. The van der Waals surface area contributed by atoms with Gasteiger partial charge < -0.3 is 14.6 Å². The van der Waals surface area contributed by atoms with Gasteiger partial charge in [-0.2, -0.15) is 0 Å². The van der Waals surface area contributed by atoms with Gasteiger partial charge in [-0.25, -0.2) is 9.97 Å². The molecule has 0 aliphatic rings. The summed E-state index contributed by atoms with van der Waals surface area (Å²) < 4.78 is 7.66. The fraction of sp³-hybridized carbons (Fsp3) is 0. The van der Waals surface area contributed by atoms with Crippen molar-refractivity contribution in [2.45, 2.75) is 0 Å². The number of aromatic nitrogens is 3. The molecular weight excluding hydrogens is 364 g/mol. The van der Waals surface area contributed by atoms with E-state index in [2.05, 4.69) is 15.3 Å². The van der Waals surface area contributed by atoms with Crippen molar-refractivity contribution in [3.8, 4) is 17.4 Å². The SMILES string of the molecule is O=C(/C=C/c1ccccc1)Nc1ccc(Oc2cc(-n3cccc3)ncn2)cc1. The molecule has 0 saturated carbocycles. The number of carbonyl (C=O) groups is 1. The highest BCUT2D eigenvalue weighted by molar-refractivity contribution is 6.01. The average molecular weight is 382 g/mol. The maximum Gasteiger partial charge on any atom is 0.248 e. The molecule has 2 aromatic carbocycles. The number of anilines is 1. The van der Waals surface area contributed by atoms with Crippen LogP contribution in [-0.2, 0) is 4.79 Å². The van der Waals surface area contributed by atoms with Crippen LogP contribution in [-0.4, -0.2) is 20.4 Å². The zero-order chi connectivity index (χ0) is 19.9. The van der Waals surface area contributed by atoms with Gasteiger partial charge in [-0.1, -0.05) is 30.3 Å². The molecule has 0 saturated heterocycles. The normalized spacial score (nSPS) is 10.8. The third-order valence-corrected chi connectivity index (χ3v) is 4.07. The summed E-state index contributed by atoms with van der Waals surface area (Å²) >= 11 is 0. The van der Waals surface area contributed by atoms with Gasteiger partial charge in [-0.05, 0) is 48.0 Å². The van der Waals surface area contributed by atoms with Crippen LogP contribution in [0.25, 0.3) is 11.9 Å². The van der Waals surface area contributed by atoms with Gasteiger partial charge in [0.2, 0.25) is 11.8 Å². The zero-order valence-corrected chi connectivity index (χ0v) is 15.5. The predicted octanol–water partition coefficient (Wildman–Crippen LogP) is 4.71. The van der Waals surface area contributed by atoms with Crippen molar-refractivity contribution in [2.24, 2.45) is 0 Å². The molecule has 29 heavy (non-hydrogen) atoms. The number of nitrogens with zero attached hydrogens (tertiary/aromatic N) is 3. The number of hydrogen-bond acceptors (Lipinski definition) is 4. The van der Waals surface area contributed by atoms with E-state index in [0.717, 1.165) is 5.56 Å². The van der Waals surface area contributed by atoms with Gasteiger partial charge in [0.25, 0.3) is 0 Å². The Morgan fingerprint density at radius 3 is 2.45 bits per heavy atom. The minimum Gasteiger partial charge on any atom is -0.439 e. The lowest BCUT2D eigenvalue weighted by Gasteiger charge is -2.08. The molecule has 6 nitrogen and oxygen atoms in total. The maximum absolute atomic E-state index is 12.1. The van der Waals surface area contributed by atoms with E-state index in [0.29, 0.717) is 23.1 Å². The van der Waals surface area contributed by atoms with Crippen LogP contribution >= 0.6 is 0 Å². The minimum absolute atomic E-state index is 0.199. The monoisotopic (exact) mass is 382 g/mol. The first-order chi connectivity index (χ1) is 14.3. The van der Waals surface area contributed by atoms with E-state index in [9.17, 15) is 4.79 Å². The molecule has 0 spiro atoms. The van der Waals surface area contributed by atoms with E-state index < -0.39 is 0 Å². The Morgan fingerprint density at radius 2 is 1.69 bits per heavy atom. The second-order valence-electron chi connectivity index (χ2n) is 6.16. The second kappa shape index (κ2) is 8.67. The second-order valence-corrected chi connectivity index (χ2v) is 6.16. The fourth-order valence-corrected chi connectivity index (χ4v) is 2.66. The summed E-state index contributed by atoms with van der Waals surface area (Å²) in [6.45, 7) is 0. The van der Waals surface area contributed by atoms with Crippen LogP contribution in [0.4, 0.5) is 5.69 Å². The average Bonchev–Trinajstić information content (AvgIpc) is 3.30. The highest BCUT2D eigenvalue weighted by Crippen LogP contribution is 2.22. The first-order valence-corrected chi connectivity index (χ1v) is 9.04. The molecule has 0 aliphatic heterocycles. The highest BCUT2D eigenvalue weighted by Gasteiger charge is 2.04. The Morgan fingerprint density at radius 1 is 0.931 bits per heavy atom. The molecule has 0 bridgehead atoms. The molecule has 1 amide bonds. The van der Waals surface area contributed by atoms with Crippen LogP contribution in [0.2, 0.25) is 0 Å². The van der Waals surface area contributed by atoms with Crippen LogP contribution in [0.15, 0.2) is 97.6 Å². The fourth-order valence-electron chi connectivity index (χ4n) is 2.66. The van der Waals surface area contributed by atoms with E-state index in [1.54, 1.807) is 36.4 Å². The molecule has 4 aromatic rings. The van der Waals surface area contributed by atoms with Crippen molar-refractivity contribution >= 4 is 17.7 Å². The summed E-state index contributed by atoms with van der Waals surface area (Å²) in [5.74, 6) is 1.56. The topological polar surface area (TPSA) is 69.0 Å². The molecule has 0 unspecified atom stereocenters. The van der Waals surface area contributed by atoms with E-state index in [4.69, 9.17) is 4.74 Å². The maximum atomic E-state index is 12.1. The van der Waals surface area contributed by atoms with Gasteiger partial charge in [0.15, 0.2) is 0 Å². The number of amides is 1. The molecule has 0 aliphatic carbocycles. The highest BCUT2D eigenvalue weighted by atomic mass is 16.5. The predicted molar refractivity (Wildman–Crippen MR) is 112 cm³/mol. The summed E-state index contributed by atoms with van der Waals surface area (Å²) in [5, 5.41) is 2.82. The van der Waals surface area contributed by atoms with Crippen LogP contribution in [0.1, 0.15) is 5.56 Å². The van der Waals surface area contributed by atoms with Crippen LogP contribution < -0.4 is 10.1 Å². The summed E-state index contributed by atoms with van der Waals surface area (Å²) in [6, 6.07) is 22.3. The number of ether oxygens (including phenoxy) is 1. The number of rotatable bonds is 6. The first kappa shape index (κ1) is 18.2. The molecule has 4 rings (SSSR count). The van der Waals surface area contributed by atoms with Crippen molar-refractivity contribution in [3.05, 3.63) is 103 Å². The largest absolute Gasteiger partial charge is 0.439 e. The number of hydrogen-bond donors (Lipinski definition) is 1. The molecule has 2 heterocycles. The van der Waals surface area contributed by atoms with Crippen molar-refractivity contribution in [1.29, 1.82) is 0 Å². The molecule has 0 atom stereocenters. The van der Waals surface area contributed by atoms with Gasteiger partial charge in [0, 0.05) is 30.2 Å². The number of benzene rings is 2. The molecule has 6 heteroatoms. The lowest BCUT2D eigenvalue weighted by Crippen LogP contribution is -2.07. The van der Waals surface area contributed by atoms with Crippen molar-refractivity contribution in [1.82, 2.24) is 14.5 Å². The van der Waals surface area contributed by atoms with E-state index in [1.807, 2.05) is 59.4 Å². The van der Waals surface area contributed by atoms with Crippen molar-refractivity contribution in [3.63, 3.8) is 0 Å². The van der Waals surface area contributed by atoms with E-state index in [-0.39, 0.29) is 5.91 Å². The lowest BCUT2D eigenvalue weighted by atomic mass is 10.2. The third-order valence-electron chi connectivity index (χ3n) is 4.07. The van der Waals surface area contributed by atoms with Gasteiger partial charge >= 0.3 is 0 Å². The molecule has 142 valence electrons. The van der Waals surface area contributed by atoms with Crippen molar-refractivity contribution < 1.29 is 9.53 Å². The first-order valence-electron chi connectivity index (χ1n) is 9.04. The van der Waals surface area contributed by atoms with E-state index >= 15 is 0 Å². The summed E-state index contributed by atoms with van der Waals surface area (Å²) in [6.07, 6.45) is 8.53. The van der Waals surface area contributed by atoms with Crippen molar-refractivity contribution in [2.75, 3.05) is 5.32 Å². The van der Waals surface area contributed by atoms with Gasteiger partial charge in [0.1, 0.15) is 17.9 Å². The summed E-state index contributed by atoms with van der Waals surface area (Å²) in [4.78, 5) is 20.4. The molecule has 0 fully saturated rings. The third kappa shape index (κ3) is 4.95. The van der Waals surface area contributed by atoms with Crippen LogP contribution in [0.3, 0.4) is 0 Å². The Labute approximate surface area is 168 Å². The van der Waals surface area contributed by atoms with E-state index in [1.165, 1.54) is 12.4 Å². The van der Waals surface area contributed by atoms with Gasteiger partial charge in [-0.3, -0.25) is 4.79 Å². The molecule has 2 aromatic heterocycles. The quantitative estimate of drug-likeness (QED) is 0.490. The Bertz CT molecular complexity index is 1110. The number of carbonyl (C=O) groups excluding carboxylic acids is 1. The van der Waals surface area contributed by atoms with Crippen LogP contribution in [0.5, 0.6) is 11.6 Å². The molecule has 0 radical (unpaired) electrons. The minimum atomic E-state index is -0.199. The smallest absolute Gasteiger partial charge is 0.248 e. The van der Waals surface area contributed by atoms with Gasteiger partial charge in [0.05, 0.1) is 0 Å². The molecule has 1 N–H and O–H groups in total. The summed E-state index contributed by atoms with van der Waals surface area (Å²) in [7, 11) is 0. The molecular formula is C23H18N4O2. The van der Waals surface area contributed by atoms with Gasteiger partial charge in [-0.15, -0.1) is 0 Å². The lowest BCUT2D eigenvalue weighted by molar-refractivity contribution is -0.111. The Balaban J connectivity index is 1.37. The standard InChI is InChI=1S/C23H18N4O2/c28-22(13-8-18-6-2-1-3-7-18)26-19-9-11-20(12-10-19)29-23-16-21(24-17-25-23)27-14-4-5-15-27/h1-17H,(H,26,28)/b13-8+. The Hall–Kier alpha value is -4.19. The van der Waals surface area contributed by atoms with Crippen LogP contribution in [0, 0.1) is 0 Å². The number of nitrogens with one attached hydrogen (secondary N) is 1. The summed E-state index contributed by atoms with van der Waals surface area (Å²) in [5.41, 5.74) is 1.64.